The first-order chi connectivity index (χ1) is 14.7. The van der Waals surface area contributed by atoms with Crippen molar-refractivity contribution in [3.63, 3.8) is 0 Å². The van der Waals surface area contributed by atoms with Crippen molar-refractivity contribution in [3.05, 3.63) is 72.9 Å². The molecule has 0 atom stereocenters. The molecule has 5 nitrogen and oxygen atoms in total. The molecule has 3 aromatic heterocycles. The summed E-state index contributed by atoms with van der Waals surface area (Å²) < 4.78 is 0. The first kappa shape index (κ1) is 18.6. The van der Waals surface area contributed by atoms with Gasteiger partial charge in [-0.3, -0.25) is 4.98 Å². The summed E-state index contributed by atoms with van der Waals surface area (Å²) >= 11 is 0. The zero-order valence-electron chi connectivity index (χ0n) is 17.2. The number of pyridine rings is 2. The molecule has 5 rings (SSSR count). The highest BCUT2D eigenvalue weighted by Crippen LogP contribution is 2.32. The molecule has 0 amide bonds. The molecule has 0 unspecified atom stereocenters. The van der Waals surface area contributed by atoms with Crippen molar-refractivity contribution in [2.45, 2.75) is 18.9 Å². The first-order valence-corrected chi connectivity index (χ1v) is 10.4. The normalized spacial score (nSPS) is 15.4. The van der Waals surface area contributed by atoms with Gasteiger partial charge in [0.2, 0.25) is 0 Å². The molecule has 1 aliphatic heterocycles. The number of likely N-dealkylation sites (tertiary alicyclic amines) is 1. The van der Waals surface area contributed by atoms with Gasteiger partial charge in [0.25, 0.3) is 0 Å². The van der Waals surface area contributed by atoms with E-state index in [1.165, 1.54) is 0 Å². The minimum Gasteiger partial charge on any atom is -0.375 e. The van der Waals surface area contributed by atoms with Crippen molar-refractivity contribution in [1.82, 2.24) is 25.2 Å². The Hall–Kier alpha value is -3.40. The van der Waals surface area contributed by atoms with Crippen LogP contribution in [0.5, 0.6) is 0 Å². The first-order valence-electron chi connectivity index (χ1n) is 10.4. The van der Waals surface area contributed by atoms with Gasteiger partial charge in [0, 0.05) is 49.4 Å². The van der Waals surface area contributed by atoms with Crippen molar-refractivity contribution >= 4 is 27.6 Å². The molecule has 0 bridgehead atoms. The lowest BCUT2D eigenvalue weighted by Gasteiger charge is -2.30. The van der Waals surface area contributed by atoms with E-state index in [2.05, 4.69) is 74.9 Å². The predicted molar refractivity (Wildman–Crippen MR) is 127 cm³/mol. The van der Waals surface area contributed by atoms with Crippen molar-refractivity contribution in [1.29, 1.82) is 0 Å². The lowest BCUT2D eigenvalue weighted by atomic mass is 9.98. The van der Waals surface area contributed by atoms with Gasteiger partial charge in [0.15, 0.2) is 0 Å². The third-order valence-electron chi connectivity index (χ3n) is 6.02. The van der Waals surface area contributed by atoms with Crippen molar-refractivity contribution in [2.24, 2.45) is 0 Å². The van der Waals surface area contributed by atoms with Crippen molar-refractivity contribution in [3.8, 4) is 11.1 Å². The van der Waals surface area contributed by atoms with Gasteiger partial charge >= 0.3 is 0 Å². The van der Waals surface area contributed by atoms with Crippen LogP contribution in [0.25, 0.3) is 38.8 Å². The Labute approximate surface area is 179 Å². The minimum absolute atomic E-state index is 0. The maximum atomic E-state index is 4.58. The van der Waals surface area contributed by atoms with Gasteiger partial charge < -0.3 is 15.2 Å². The minimum atomic E-state index is 0. The van der Waals surface area contributed by atoms with E-state index in [0.29, 0.717) is 6.04 Å². The number of aromatic amines is 1. The molecule has 1 fully saturated rings. The van der Waals surface area contributed by atoms with Crippen LogP contribution in [0.2, 0.25) is 0 Å². The third kappa shape index (κ3) is 3.39. The van der Waals surface area contributed by atoms with Gasteiger partial charge in [0.1, 0.15) is 5.65 Å². The molecule has 0 saturated carbocycles. The molecule has 2 N–H and O–H groups in total. The summed E-state index contributed by atoms with van der Waals surface area (Å²) in [6, 6.07) is 13.0. The fraction of sp³-hybridized carbons (Fsp3) is 0.240. The molecule has 0 radical (unpaired) electrons. The van der Waals surface area contributed by atoms with Crippen LogP contribution in [0.4, 0.5) is 0 Å². The molecular formula is C25H29N5. The van der Waals surface area contributed by atoms with E-state index in [1.54, 1.807) is 6.20 Å². The molecular weight excluding hydrogens is 370 g/mol. The van der Waals surface area contributed by atoms with E-state index < -0.39 is 0 Å². The Morgan fingerprint density at radius 1 is 1.17 bits per heavy atom. The standard InChI is InChI=1S/C25H25N5.2H2/c1-3-23(29-18-9-13-30(2)14-10-18)19-8-12-26-24-7-6-17(15-21(19)24)22-16-28-25-20(22)5-4-11-27-25;;/h4-8,11-12,15-16,18,29H,1,9-10,13-14H2,2H3,(H,27,28);2*1H. The van der Waals surface area contributed by atoms with E-state index >= 15 is 0 Å². The van der Waals surface area contributed by atoms with Crippen LogP contribution >= 0.6 is 0 Å². The van der Waals surface area contributed by atoms with E-state index in [9.17, 15) is 0 Å². The highest BCUT2D eigenvalue weighted by atomic mass is 15.1. The predicted octanol–water partition coefficient (Wildman–Crippen LogP) is 5.08. The number of piperidine rings is 1. The van der Waals surface area contributed by atoms with Crippen LogP contribution in [0.15, 0.2) is 67.3 Å². The number of fused-ring (bicyclic) bond motifs is 2. The number of benzene rings is 1. The zero-order valence-corrected chi connectivity index (χ0v) is 17.2. The Balaban J connectivity index is 0.00000144. The smallest absolute Gasteiger partial charge is 0.137 e. The van der Waals surface area contributed by atoms with Gasteiger partial charge in [0.05, 0.1) is 11.2 Å². The molecule has 5 heteroatoms. The Morgan fingerprint density at radius 3 is 2.87 bits per heavy atom. The zero-order chi connectivity index (χ0) is 20.5. The fourth-order valence-corrected chi connectivity index (χ4v) is 4.31. The number of aromatic nitrogens is 3. The highest BCUT2D eigenvalue weighted by molar-refractivity contribution is 5.98. The van der Waals surface area contributed by atoms with Gasteiger partial charge in [-0.2, -0.15) is 0 Å². The van der Waals surface area contributed by atoms with E-state index in [0.717, 1.165) is 70.3 Å². The van der Waals surface area contributed by atoms with Crippen molar-refractivity contribution < 1.29 is 2.85 Å². The van der Waals surface area contributed by atoms with Crippen LogP contribution in [0.3, 0.4) is 0 Å². The van der Waals surface area contributed by atoms with Crippen molar-refractivity contribution in [2.75, 3.05) is 20.1 Å². The lowest BCUT2D eigenvalue weighted by molar-refractivity contribution is 0.245. The largest absolute Gasteiger partial charge is 0.375 e. The molecule has 4 aromatic rings. The molecule has 0 aliphatic carbocycles. The summed E-state index contributed by atoms with van der Waals surface area (Å²) in [7, 11) is 2.18. The number of nitrogens with zero attached hydrogens (tertiary/aromatic N) is 3. The van der Waals surface area contributed by atoms with Gasteiger partial charge in [-0.25, -0.2) is 4.98 Å². The fourth-order valence-electron chi connectivity index (χ4n) is 4.31. The topological polar surface area (TPSA) is 56.8 Å². The van der Waals surface area contributed by atoms with E-state index in [4.69, 9.17) is 0 Å². The van der Waals surface area contributed by atoms with E-state index in [1.807, 2.05) is 18.5 Å². The monoisotopic (exact) mass is 399 g/mol. The molecule has 0 spiro atoms. The summed E-state index contributed by atoms with van der Waals surface area (Å²) in [5.74, 6) is 0. The third-order valence-corrected chi connectivity index (χ3v) is 6.02. The molecule has 4 heterocycles. The van der Waals surface area contributed by atoms with E-state index in [-0.39, 0.29) is 2.85 Å². The molecule has 30 heavy (non-hydrogen) atoms. The molecule has 1 saturated heterocycles. The van der Waals surface area contributed by atoms with Gasteiger partial charge in [-0.15, -0.1) is 5.73 Å². The number of nitrogens with one attached hydrogen (secondary N) is 2. The highest BCUT2D eigenvalue weighted by Gasteiger charge is 2.19. The number of H-pyrrole nitrogens is 1. The van der Waals surface area contributed by atoms with Crippen LogP contribution in [-0.4, -0.2) is 46.0 Å². The maximum Gasteiger partial charge on any atom is 0.137 e. The summed E-state index contributed by atoms with van der Waals surface area (Å²) in [6.45, 7) is 6.19. The van der Waals surface area contributed by atoms with Gasteiger partial charge in [-0.05, 0) is 68.9 Å². The summed E-state index contributed by atoms with van der Waals surface area (Å²) in [5, 5.41) is 5.90. The molecule has 154 valence electrons. The number of hydrogen-bond acceptors (Lipinski definition) is 4. The SMILES string of the molecule is C=C=C(NC1CCN(C)CC1)c1ccnc2ccc(-c3c[nH]c4ncccc34)cc12.[HH].[HH]. The summed E-state index contributed by atoms with van der Waals surface area (Å²) in [6.07, 6.45) is 7.94. The van der Waals surface area contributed by atoms with Gasteiger partial charge in [-0.1, -0.05) is 12.6 Å². The average Bonchev–Trinajstić information content (AvgIpc) is 3.22. The van der Waals surface area contributed by atoms with Crippen LogP contribution in [-0.2, 0) is 0 Å². The van der Waals surface area contributed by atoms with Crippen LogP contribution in [0.1, 0.15) is 21.3 Å². The van der Waals surface area contributed by atoms with Crippen LogP contribution < -0.4 is 5.32 Å². The Bertz CT molecular complexity index is 1270. The Morgan fingerprint density at radius 2 is 2.03 bits per heavy atom. The second-order valence-corrected chi connectivity index (χ2v) is 7.97. The lowest BCUT2D eigenvalue weighted by Crippen LogP contribution is -2.40. The number of hydrogen-bond donors (Lipinski definition) is 2. The summed E-state index contributed by atoms with van der Waals surface area (Å²) in [4.78, 5) is 14.6. The molecule has 1 aliphatic rings. The second-order valence-electron chi connectivity index (χ2n) is 7.97. The average molecular weight is 400 g/mol. The second kappa shape index (κ2) is 7.79. The molecule has 1 aromatic carbocycles. The maximum absolute atomic E-state index is 4.58. The quantitative estimate of drug-likeness (QED) is 0.470. The van der Waals surface area contributed by atoms with Crippen LogP contribution in [0, 0.1) is 0 Å². The number of rotatable bonds is 4. The Kier molecular flexibility index (Phi) is 4.83. The summed E-state index contributed by atoms with van der Waals surface area (Å²) in [5.41, 5.74) is 9.34.